The van der Waals surface area contributed by atoms with Gasteiger partial charge in [-0.15, -0.1) is 0 Å². The summed E-state index contributed by atoms with van der Waals surface area (Å²) in [5.74, 6) is 0.615. The molecule has 0 amide bonds. The second-order valence-corrected chi connectivity index (χ2v) is 6.84. The van der Waals surface area contributed by atoms with Crippen LogP contribution in [0.2, 0.25) is 0 Å². The third-order valence-corrected chi connectivity index (χ3v) is 4.68. The van der Waals surface area contributed by atoms with Crippen LogP contribution in [0.3, 0.4) is 0 Å². The standard InChI is InChI=1S/C14H14BrNO3S/c1-10-9-11(15)3-8-14(10)16-20(17,18)13-6-4-12(19-2)5-7-13/h3-9,16H,1-2H3. The molecule has 4 nitrogen and oxygen atoms in total. The van der Waals surface area contributed by atoms with Gasteiger partial charge in [0.2, 0.25) is 0 Å². The highest BCUT2D eigenvalue weighted by Crippen LogP contribution is 2.23. The SMILES string of the molecule is COc1ccc(S(=O)(=O)Nc2ccc(Br)cc2C)cc1. The van der Waals surface area contributed by atoms with E-state index in [0.29, 0.717) is 11.4 Å². The molecular weight excluding hydrogens is 342 g/mol. The summed E-state index contributed by atoms with van der Waals surface area (Å²) in [7, 11) is -2.06. The fourth-order valence-corrected chi connectivity index (χ4v) is 3.31. The predicted molar refractivity (Wildman–Crippen MR) is 82.7 cm³/mol. The van der Waals surface area contributed by atoms with E-state index in [0.717, 1.165) is 10.0 Å². The number of hydrogen-bond donors (Lipinski definition) is 1. The lowest BCUT2D eigenvalue weighted by atomic mass is 10.2. The molecule has 0 heterocycles. The summed E-state index contributed by atoms with van der Waals surface area (Å²) in [6.07, 6.45) is 0. The summed E-state index contributed by atoms with van der Waals surface area (Å²) in [4.78, 5) is 0.195. The Hall–Kier alpha value is -1.53. The molecular formula is C14H14BrNO3S. The van der Waals surface area contributed by atoms with Crippen LogP contribution >= 0.6 is 15.9 Å². The summed E-state index contributed by atoms with van der Waals surface area (Å²) in [6.45, 7) is 1.84. The molecule has 1 N–H and O–H groups in total. The number of halogens is 1. The zero-order valence-electron chi connectivity index (χ0n) is 11.1. The maximum Gasteiger partial charge on any atom is 0.261 e. The van der Waals surface area contributed by atoms with E-state index in [1.807, 2.05) is 13.0 Å². The van der Waals surface area contributed by atoms with E-state index in [1.165, 1.54) is 19.2 Å². The van der Waals surface area contributed by atoms with Crippen molar-refractivity contribution in [3.8, 4) is 5.75 Å². The smallest absolute Gasteiger partial charge is 0.261 e. The quantitative estimate of drug-likeness (QED) is 0.911. The number of hydrogen-bond acceptors (Lipinski definition) is 3. The monoisotopic (exact) mass is 355 g/mol. The number of sulfonamides is 1. The van der Waals surface area contributed by atoms with Gasteiger partial charge in [0.15, 0.2) is 0 Å². The number of aryl methyl sites for hydroxylation is 1. The third-order valence-electron chi connectivity index (χ3n) is 2.80. The van der Waals surface area contributed by atoms with Gasteiger partial charge in [-0.2, -0.15) is 0 Å². The molecule has 6 heteroatoms. The van der Waals surface area contributed by atoms with E-state index in [1.54, 1.807) is 24.3 Å². The third kappa shape index (κ3) is 3.32. The minimum absolute atomic E-state index is 0.195. The zero-order chi connectivity index (χ0) is 14.8. The van der Waals surface area contributed by atoms with E-state index in [-0.39, 0.29) is 4.90 Å². The van der Waals surface area contributed by atoms with Crippen molar-refractivity contribution in [2.45, 2.75) is 11.8 Å². The number of rotatable bonds is 4. The largest absolute Gasteiger partial charge is 0.497 e. The Labute approximate surface area is 127 Å². The van der Waals surface area contributed by atoms with E-state index in [4.69, 9.17) is 4.74 Å². The lowest BCUT2D eigenvalue weighted by molar-refractivity contribution is 0.414. The van der Waals surface area contributed by atoms with Gasteiger partial charge >= 0.3 is 0 Å². The summed E-state index contributed by atoms with van der Waals surface area (Å²) in [6, 6.07) is 11.6. The van der Waals surface area contributed by atoms with Crippen LogP contribution in [0, 0.1) is 6.92 Å². The Kier molecular flexibility index (Phi) is 4.35. The van der Waals surface area contributed by atoms with Crippen LogP contribution in [-0.2, 0) is 10.0 Å². The average Bonchev–Trinajstić information content (AvgIpc) is 2.42. The van der Waals surface area contributed by atoms with Crippen LogP contribution in [0.25, 0.3) is 0 Å². The molecule has 2 aromatic carbocycles. The van der Waals surface area contributed by atoms with Gasteiger partial charge in [0, 0.05) is 4.47 Å². The van der Waals surface area contributed by atoms with Crippen LogP contribution in [0.15, 0.2) is 51.8 Å². The van der Waals surface area contributed by atoms with E-state index in [9.17, 15) is 8.42 Å². The maximum absolute atomic E-state index is 12.3. The molecule has 0 unspecified atom stereocenters. The van der Waals surface area contributed by atoms with Gasteiger partial charge in [0.1, 0.15) is 5.75 Å². The van der Waals surface area contributed by atoms with E-state index < -0.39 is 10.0 Å². The molecule has 0 aliphatic carbocycles. The number of ether oxygens (including phenoxy) is 1. The highest BCUT2D eigenvalue weighted by Gasteiger charge is 2.15. The van der Waals surface area contributed by atoms with Crippen molar-refractivity contribution in [3.63, 3.8) is 0 Å². The molecule has 0 spiro atoms. The van der Waals surface area contributed by atoms with Gasteiger partial charge < -0.3 is 4.74 Å². The highest BCUT2D eigenvalue weighted by atomic mass is 79.9. The molecule has 0 radical (unpaired) electrons. The first-order valence-corrected chi connectivity index (χ1v) is 8.13. The second kappa shape index (κ2) is 5.85. The first-order chi connectivity index (χ1) is 9.42. The Morgan fingerprint density at radius 3 is 2.30 bits per heavy atom. The van der Waals surface area contributed by atoms with Gasteiger partial charge in [-0.25, -0.2) is 8.42 Å². The van der Waals surface area contributed by atoms with E-state index >= 15 is 0 Å². The Morgan fingerprint density at radius 1 is 1.10 bits per heavy atom. The topological polar surface area (TPSA) is 55.4 Å². The average molecular weight is 356 g/mol. The number of benzene rings is 2. The molecule has 2 aromatic rings. The molecule has 0 fully saturated rings. The molecule has 20 heavy (non-hydrogen) atoms. The predicted octanol–water partition coefficient (Wildman–Crippen LogP) is 3.57. The van der Waals surface area contributed by atoms with Crippen LogP contribution in [-0.4, -0.2) is 15.5 Å². The summed E-state index contributed by atoms with van der Waals surface area (Å²) >= 11 is 3.35. The molecule has 0 aliphatic heterocycles. The Morgan fingerprint density at radius 2 is 1.75 bits per heavy atom. The van der Waals surface area contributed by atoms with Gasteiger partial charge in [-0.1, -0.05) is 15.9 Å². The van der Waals surface area contributed by atoms with Gasteiger partial charge in [-0.3, -0.25) is 4.72 Å². The van der Waals surface area contributed by atoms with Crippen molar-refractivity contribution >= 4 is 31.6 Å². The number of anilines is 1. The number of methoxy groups -OCH3 is 1. The van der Waals surface area contributed by atoms with Gasteiger partial charge in [0.25, 0.3) is 10.0 Å². The zero-order valence-corrected chi connectivity index (χ0v) is 13.5. The Balaban J connectivity index is 2.30. The maximum atomic E-state index is 12.3. The lowest BCUT2D eigenvalue weighted by Crippen LogP contribution is -2.13. The second-order valence-electron chi connectivity index (χ2n) is 4.24. The minimum atomic E-state index is -3.59. The lowest BCUT2D eigenvalue weighted by Gasteiger charge is -2.11. The molecule has 106 valence electrons. The van der Waals surface area contributed by atoms with Crippen LogP contribution in [0.4, 0.5) is 5.69 Å². The molecule has 0 bridgehead atoms. The molecule has 0 aromatic heterocycles. The highest BCUT2D eigenvalue weighted by molar-refractivity contribution is 9.10. The van der Waals surface area contributed by atoms with Crippen LogP contribution in [0.1, 0.15) is 5.56 Å². The fourth-order valence-electron chi connectivity index (χ4n) is 1.70. The van der Waals surface area contributed by atoms with Crippen molar-refractivity contribution in [2.75, 3.05) is 11.8 Å². The van der Waals surface area contributed by atoms with Crippen molar-refractivity contribution < 1.29 is 13.2 Å². The first kappa shape index (κ1) is 14.9. The molecule has 2 rings (SSSR count). The van der Waals surface area contributed by atoms with Crippen molar-refractivity contribution in [3.05, 3.63) is 52.5 Å². The summed E-state index contributed by atoms with van der Waals surface area (Å²) in [5, 5.41) is 0. The molecule has 0 saturated heterocycles. The van der Waals surface area contributed by atoms with E-state index in [2.05, 4.69) is 20.7 Å². The molecule has 0 aliphatic rings. The van der Waals surface area contributed by atoms with Gasteiger partial charge in [0.05, 0.1) is 17.7 Å². The van der Waals surface area contributed by atoms with Gasteiger partial charge in [-0.05, 0) is 55.0 Å². The van der Waals surface area contributed by atoms with Crippen LogP contribution in [0.5, 0.6) is 5.75 Å². The normalized spacial score (nSPS) is 11.2. The van der Waals surface area contributed by atoms with Crippen molar-refractivity contribution in [1.82, 2.24) is 0 Å². The first-order valence-electron chi connectivity index (χ1n) is 5.85. The van der Waals surface area contributed by atoms with Crippen LogP contribution < -0.4 is 9.46 Å². The summed E-state index contributed by atoms with van der Waals surface area (Å²) < 4.78 is 33.0. The minimum Gasteiger partial charge on any atom is -0.497 e. The van der Waals surface area contributed by atoms with Crippen molar-refractivity contribution in [1.29, 1.82) is 0 Å². The van der Waals surface area contributed by atoms with Crippen molar-refractivity contribution in [2.24, 2.45) is 0 Å². The molecule has 0 saturated carbocycles. The molecule has 0 atom stereocenters. The summed E-state index contributed by atoms with van der Waals surface area (Å²) in [5.41, 5.74) is 1.40. The number of nitrogens with one attached hydrogen (secondary N) is 1. The fraction of sp³-hybridized carbons (Fsp3) is 0.143. The Bertz CT molecular complexity index is 712.